The molecule has 0 saturated carbocycles. The predicted molar refractivity (Wildman–Crippen MR) is 81.8 cm³/mol. The van der Waals surface area contributed by atoms with Gasteiger partial charge >= 0.3 is 0 Å². The van der Waals surface area contributed by atoms with E-state index in [1.807, 2.05) is 6.92 Å². The molecule has 1 amide bonds. The Balaban J connectivity index is 1.74. The van der Waals surface area contributed by atoms with Gasteiger partial charge in [-0.15, -0.1) is 0 Å². The predicted octanol–water partition coefficient (Wildman–Crippen LogP) is 1.70. The Morgan fingerprint density at radius 2 is 2.10 bits per heavy atom. The normalized spacial score (nSPS) is 13.0. The molecule has 4 N–H and O–H groups in total. The number of hydrogen-bond donors (Lipinski definition) is 3. The Hall–Kier alpha value is -2.40. The average molecular weight is 282 g/mol. The van der Waals surface area contributed by atoms with E-state index >= 15 is 0 Å². The third-order valence-electron chi connectivity index (χ3n) is 3.61. The van der Waals surface area contributed by atoms with Gasteiger partial charge in [0, 0.05) is 30.9 Å². The lowest BCUT2D eigenvalue weighted by molar-refractivity contribution is 0.1000. The van der Waals surface area contributed by atoms with Crippen molar-refractivity contribution in [2.24, 2.45) is 5.73 Å². The highest BCUT2D eigenvalue weighted by Gasteiger charge is 2.10. The van der Waals surface area contributed by atoms with Gasteiger partial charge in [0.1, 0.15) is 5.82 Å². The first-order valence-electron chi connectivity index (χ1n) is 6.95. The second-order valence-electron chi connectivity index (χ2n) is 5.31. The fraction of sp³-hybridized carbons (Fsp3) is 0.250. The molecule has 1 aromatic carbocycles. The lowest BCUT2D eigenvalue weighted by Gasteiger charge is -2.09. The van der Waals surface area contributed by atoms with Crippen LogP contribution in [0.25, 0.3) is 0 Å². The van der Waals surface area contributed by atoms with Crippen molar-refractivity contribution in [2.45, 2.75) is 26.6 Å². The van der Waals surface area contributed by atoms with Crippen molar-refractivity contribution in [3.05, 3.63) is 58.3 Å². The number of nitrogens with two attached hydrogens (primary N) is 1. The van der Waals surface area contributed by atoms with Crippen LogP contribution in [0.4, 0.5) is 5.82 Å². The Bertz CT molecular complexity index is 697. The molecule has 0 fully saturated rings. The van der Waals surface area contributed by atoms with Crippen molar-refractivity contribution in [1.29, 1.82) is 0 Å². The second kappa shape index (κ2) is 5.54. The number of primary amides is 1. The number of pyridine rings is 1. The number of aryl methyl sites for hydroxylation is 1. The molecule has 3 rings (SSSR count). The van der Waals surface area contributed by atoms with Gasteiger partial charge in [-0.25, -0.2) is 4.98 Å². The molecule has 0 saturated heterocycles. The van der Waals surface area contributed by atoms with E-state index in [0.717, 1.165) is 18.8 Å². The van der Waals surface area contributed by atoms with Crippen molar-refractivity contribution >= 4 is 11.7 Å². The smallest absolute Gasteiger partial charge is 0.248 e. The molecule has 5 heteroatoms. The van der Waals surface area contributed by atoms with Crippen molar-refractivity contribution < 1.29 is 4.79 Å². The first kappa shape index (κ1) is 13.6. The lowest BCUT2D eigenvalue weighted by Crippen LogP contribution is -2.12. The molecule has 0 spiro atoms. The summed E-state index contributed by atoms with van der Waals surface area (Å²) >= 11 is 0. The van der Waals surface area contributed by atoms with Crippen LogP contribution in [0.15, 0.2) is 30.3 Å². The van der Waals surface area contributed by atoms with Crippen molar-refractivity contribution in [3.8, 4) is 0 Å². The van der Waals surface area contributed by atoms with Crippen LogP contribution in [0, 0.1) is 6.92 Å². The summed E-state index contributed by atoms with van der Waals surface area (Å²) in [5.74, 6) is 0.231. The lowest BCUT2D eigenvalue weighted by atomic mass is 10.1. The molecule has 108 valence electrons. The summed E-state index contributed by atoms with van der Waals surface area (Å²) in [5.41, 5.74) is 10.5. The van der Waals surface area contributed by atoms with Crippen LogP contribution in [0.5, 0.6) is 0 Å². The summed E-state index contributed by atoms with van der Waals surface area (Å²) in [6.45, 7) is 4.39. The maximum absolute atomic E-state index is 11.3. The van der Waals surface area contributed by atoms with Crippen LogP contribution in [0.1, 0.15) is 32.7 Å². The number of aromatic nitrogens is 1. The van der Waals surface area contributed by atoms with E-state index in [2.05, 4.69) is 33.8 Å². The molecule has 0 radical (unpaired) electrons. The molecule has 2 aromatic rings. The minimum Gasteiger partial charge on any atom is -0.366 e. The van der Waals surface area contributed by atoms with E-state index in [1.165, 1.54) is 16.7 Å². The molecular weight excluding hydrogens is 264 g/mol. The second-order valence-corrected chi connectivity index (χ2v) is 5.31. The summed E-state index contributed by atoms with van der Waals surface area (Å²) in [4.78, 5) is 15.6. The van der Waals surface area contributed by atoms with Gasteiger partial charge in [0.25, 0.3) is 0 Å². The molecule has 1 aliphatic heterocycles. The number of benzene rings is 1. The van der Waals surface area contributed by atoms with Crippen LogP contribution < -0.4 is 16.4 Å². The maximum atomic E-state index is 11.3. The highest BCUT2D eigenvalue weighted by Crippen LogP contribution is 2.18. The summed E-state index contributed by atoms with van der Waals surface area (Å²) in [6.07, 6.45) is 0. The number of amides is 1. The van der Waals surface area contributed by atoms with Crippen LogP contribution >= 0.6 is 0 Å². The maximum Gasteiger partial charge on any atom is 0.248 e. The van der Waals surface area contributed by atoms with Crippen molar-refractivity contribution in [1.82, 2.24) is 10.3 Å². The molecule has 0 aliphatic carbocycles. The first-order chi connectivity index (χ1) is 10.1. The monoisotopic (exact) mass is 282 g/mol. The fourth-order valence-corrected chi connectivity index (χ4v) is 2.55. The number of carbonyl (C=O) groups is 1. The van der Waals surface area contributed by atoms with E-state index in [1.54, 1.807) is 12.1 Å². The summed E-state index contributed by atoms with van der Waals surface area (Å²) in [6, 6.07) is 9.85. The van der Waals surface area contributed by atoms with Gasteiger partial charge in [-0.3, -0.25) is 4.79 Å². The molecule has 0 bridgehead atoms. The van der Waals surface area contributed by atoms with Gasteiger partial charge in [0.15, 0.2) is 0 Å². The minimum absolute atomic E-state index is 0.438. The highest BCUT2D eigenvalue weighted by atomic mass is 16.1. The quantitative estimate of drug-likeness (QED) is 0.797. The Kier molecular flexibility index (Phi) is 3.58. The number of rotatable bonds is 4. The van der Waals surface area contributed by atoms with Gasteiger partial charge in [-0.1, -0.05) is 18.2 Å². The number of fused-ring (bicyclic) bond motifs is 1. The van der Waals surface area contributed by atoms with Crippen LogP contribution in [-0.2, 0) is 19.6 Å². The van der Waals surface area contributed by atoms with Gasteiger partial charge < -0.3 is 16.4 Å². The topological polar surface area (TPSA) is 80.0 Å². The van der Waals surface area contributed by atoms with Gasteiger partial charge in [-0.05, 0) is 35.7 Å². The van der Waals surface area contributed by atoms with Gasteiger partial charge in [0.2, 0.25) is 5.91 Å². The number of nitrogens with one attached hydrogen (secondary N) is 2. The summed E-state index contributed by atoms with van der Waals surface area (Å²) in [5, 5.41) is 6.58. The van der Waals surface area contributed by atoms with E-state index < -0.39 is 5.91 Å². The SMILES string of the molecule is Cc1cc(C(N)=O)cc(NCc2ccc3c(c2)CNC3)n1. The summed E-state index contributed by atoms with van der Waals surface area (Å²) in [7, 11) is 0. The van der Waals surface area contributed by atoms with Crippen molar-refractivity contribution in [2.75, 3.05) is 5.32 Å². The number of hydrogen-bond acceptors (Lipinski definition) is 4. The number of nitrogens with zero attached hydrogens (tertiary/aromatic N) is 1. The highest BCUT2D eigenvalue weighted by molar-refractivity contribution is 5.93. The van der Waals surface area contributed by atoms with Gasteiger partial charge in [-0.2, -0.15) is 0 Å². The third kappa shape index (κ3) is 3.03. The first-order valence-corrected chi connectivity index (χ1v) is 6.95. The molecule has 5 nitrogen and oxygen atoms in total. The molecular formula is C16H18N4O. The van der Waals surface area contributed by atoms with E-state index in [0.29, 0.717) is 17.9 Å². The number of carbonyl (C=O) groups excluding carboxylic acids is 1. The van der Waals surface area contributed by atoms with Crippen molar-refractivity contribution in [3.63, 3.8) is 0 Å². The molecule has 21 heavy (non-hydrogen) atoms. The third-order valence-corrected chi connectivity index (χ3v) is 3.61. The van der Waals surface area contributed by atoms with Gasteiger partial charge in [0.05, 0.1) is 0 Å². The summed E-state index contributed by atoms with van der Waals surface area (Å²) < 4.78 is 0. The Morgan fingerprint density at radius 3 is 2.90 bits per heavy atom. The largest absolute Gasteiger partial charge is 0.366 e. The molecule has 1 aliphatic rings. The van der Waals surface area contributed by atoms with E-state index in [9.17, 15) is 4.79 Å². The van der Waals surface area contributed by atoms with E-state index in [4.69, 9.17) is 5.73 Å². The zero-order valence-electron chi connectivity index (χ0n) is 11.9. The number of anilines is 1. The minimum atomic E-state index is -0.438. The molecule has 0 unspecified atom stereocenters. The van der Waals surface area contributed by atoms with Crippen LogP contribution in [0.3, 0.4) is 0 Å². The Morgan fingerprint density at radius 1 is 1.29 bits per heavy atom. The fourth-order valence-electron chi connectivity index (χ4n) is 2.55. The van der Waals surface area contributed by atoms with Crippen LogP contribution in [-0.4, -0.2) is 10.9 Å². The Labute approximate surface area is 123 Å². The zero-order valence-corrected chi connectivity index (χ0v) is 11.9. The molecule has 2 heterocycles. The molecule has 0 atom stereocenters. The molecule has 1 aromatic heterocycles. The zero-order chi connectivity index (χ0) is 14.8. The van der Waals surface area contributed by atoms with E-state index in [-0.39, 0.29) is 0 Å². The average Bonchev–Trinajstić information content (AvgIpc) is 2.92. The standard InChI is InChI=1S/C16H18N4O/c1-10-4-13(16(17)21)6-15(20-10)19-7-11-2-3-12-8-18-9-14(12)5-11/h2-6,18H,7-9H2,1H3,(H2,17,21)(H,19,20). The van der Waals surface area contributed by atoms with Crippen LogP contribution in [0.2, 0.25) is 0 Å².